The van der Waals surface area contributed by atoms with Crippen LogP contribution in [-0.4, -0.2) is 30.1 Å². The topological polar surface area (TPSA) is 25.4 Å². The van der Waals surface area contributed by atoms with E-state index in [4.69, 9.17) is 4.74 Å². The summed E-state index contributed by atoms with van der Waals surface area (Å²) in [6.45, 7) is 5.32. The van der Waals surface area contributed by atoms with E-state index in [1.54, 1.807) is 7.11 Å². The normalized spacial score (nSPS) is 11.4. The zero-order chi connectivity index (χ0) is 17.1. The molecule has 0 fully saturated rings. The smallest absolute Gasteiger partial charge is 0.126 e. The molecule has 0 saturated heterocycles. The van der Waals surface area contributed by atoms with Crippen LogP contribution in [0.15, 0.2) is 54.7 Å². The number of ether oxygens (including phenoxy) is 1. The third-order valence-electron chi connectivity index (χ3n) is 4.48. The van der Waals surface area contributed by atoms with Gasteiger partial charge in [0.2, 0.25) is 0 Å². The molecule has 3 heteroatoms. The Morgan fingerprint density at radius 2 is 1.88 bits per heavy atom. The molecule has 0 amide bonds. The van der Waals surface area contributed by atoms with Crippen molar-refractivity contribution in [2.45, 2.75) is 26.4 Å². The monoisotopic (exact) mass is 320 g/mol. The summed E-state index contributed by atoms with van der Waals surface area (Å²) in [5.41, 5.74) is 4.45. The molecule has 2 aromatic carbocycles. The Hall–Kier alpha value is -2.39. The molecule has 0 radical (unpaired) electrons. The Labute approximate surface area is 143 Å². The maximum absolute atomic E-state index is 5.58. The third-order valence-corrected chi connectivity index (χ3v) is 4.48. The Balaban J connectivity index is 2.03. The molecule has 0 N–H and O–H groups in total. The van der Waals surface area contributed by atoms with Crippen LogP contribution in [0.25, 0.3) is 22.0 Å². The summed E-state index contributed by atoms with van der Waals surface area (Å²) in [5.74, 6) is 0.878. The van der Waals surface area contributed by atoms with Gasteiger partial charge in [-0.1, -0.05) is 24.3 Å². The van der Waals surface area contributed by atoms with Crippen LogP contribution in [0.1, 0.15) is 19.4 Å². The lowest BCUT2D eigenvalue weighted by molar-refractivity contribution is 0.266. The molecule has 0 saturated carbocycles. The number of benzene rings is 2. The van der Waals surface area contributed by atoms with E-state index in [1.807, 2.05) is 30.5 Å². The Kier molecular flexibility index (Phi) is 4.81. The molecule has 0 atom stereocenters. The first-order chi connectivity index (χ1) is 11.6. The van der Waals surface area contributed by atoms with E-state index in [2.05, 4.69) is 55.0 Å². The van der Waals surface area contributed by atoms with Gasteiger partial charge in [-0.15, -0.1) is 0 Å². The molecule has 3 aromatic rings. The average Bonchev–Trinajstić information content (AvgIpc) is 2.61. The van der Waals surface area contributed by atoms with Gasteiger partial charge in [0.15, 0.2) is 0 Å². The van der Waals surface area contributed by atoms with Crippen LogP contribution in [0.2, 0.25) is 0 Å². The molecule has 1 aromatic heterocycles. The molecule has 0 unspecified atom stereocenters. The fourth-order valence-corrected chi connectivity index (χ4v) is 2.77. The molecule has 3 nitrogen and oxygen atoms in total. The fraction of sp³-hybridized carbons (Fsp3) is 0.286. The van der Waals surface area contributed by atoms with E-state index in [-0.39, 0.29) is 0 Å². The summed E-state index contributed by atoms with van der Waals surface area (Å²) < 4.78 is 5.58. The van der Waals surface area contributed by atoms with E-state index in [0.29, 0.717) is 6.04 Å². The van der Waals surface area contributed by atoms with Gasteiger partial charge in [0.25, 0.3) is 0 Å². The van der Waals surface area contributed by atoms with Crippen LogP contribution < -0.4 is 4.74 Å². The third kappa shape index (κ3) is 3.41. The van der Waals surface area contributed by atoms with Crippen molar-refractivity contribution < 1.29 is 4.74 Å². The van der Waals surface area contributed by atoms with Crippen molar-refractivity contribution in [3.8, 4) is 16.9 Å². The van der Waals surface area contributed by atoms with Gasteiger partial charge in [-0.05, 0) is 50.7 Å². The Morgan fingerprint density at radius 3 is 2.62 bits per heavy atom. The van der Waals surface area contributed by atoms with Crippen LogP contribution in [0, 0.1) is 0 Å². The van der Waals surface area contributed by atoms with Gasteiger partial charge >= 0.3 is 0 Å². The highest BCUT2D eigenvalue weighted by Crippen LogP contribution is 2.32. The first kappa shape index (κ1) is 16.5. The summed E-state index contributed by atoms with van der Waals surface area (Å²) in [6, 6.07) is 17.3. The highest BCUT2D eigenvalue weighted by molar-refractivity contribution is 5.84. The summed E-state index contributed by atoms with van der Waals surface area (Å²) in [4.78, 5) is 6.91. The molecule has 0 bridgehead atoms. The van der Waals surface area contributed by atoms with Gasteiger partial charge in [-0.2, -0.15) is 0 Å². The lowest BCUT2D eigenvalue weighted by Crippen LogP contribution is -2.25. The number of methoxy groups -OCH3 is 1. The average molecular weight is 320 g/mol. The van der Waals surface area contributed by atoms with Gasteiger partial charge in [0, 0.05) is 35.3 Å². The summed E-state index contributed by atoms with van der Waals surface area (Å²) in [7, 11) is 3.86. The predicted molar refractivity (Wildman–Crippen MR) is 100 cm³/mol. The lowest BCUT2D eigenvalue weighted by Gasteiger charge is -2.21. The molecule has 0 aliphatic carbocycles. The second kappa shape index (κ2) is 7.02. The van der Waals surface area contributed by atoms with Crippen molar-refractivity contribution >= 4 is 10.9 Å². The fourth-order valence-electron chi connectivity index (χ4n) is 2.77. The first-order valence-electron chi connectivity index (χ1n) is 8.31. The van der Waals surface area contributed by atoms with Gasteiger partial charge in [-0.25, -0.2) is 0 Å². The quantitative estimate of drug-likeness (QED) is 0.678. The lowest BCUT2D eigenvalue weighted by atomic mass is 10.0. The van der Waals surface area contributed by atoms with E-state index in [9.17, 15) is 0 Å². The minimum atomic E-state index is 0.512. The largest absolute Gasteiger partial charge is 0.496 e. The SMILES string of the molecule is COc1ccc(CN(C)C(C)C)cc1-c1cnc2ccccc2c1. The second-order valence-electron chi connectivity index (χ2n) is 6.46. The van der Waals surface area contributed by atoms with Gasteiger partial charge in [0.05, 0.1) is 12.6 Å². The van der Waals surface area contributed by atoms with E-state index >= 15 is 0 Å². The predicted octanol–water partition coefficient (Wildman–Crippen LogP) is 4.75. The van der Waals surface area contributed by atoms with E-state index < -0.39 is 0 Å². The number of aromatic nitrogens is 1. The second-order valence-corrected chi connectivity index (χ2v) is 6.46. The molecule has 124 valence electrons. The molecule has 3 rings (SSSR count). The standard InChI is InChI=1S/C21H24N2O/c1-15(2)23(3)14-16-9-10-21(24-4)19(11-16)18-12-17-7-5-6-8-20(17)22-13-18/h5-13,15H,14H2,1-4H3. The zero-order valence-electron chi connectivity index (χ0n) is 14.8. The minimum Gasteiger partial charge on any atom is -0.496 e. The number of hydrogen-bond acceptors (Lipinski definition) is 3. The maximum Gasteiger partial charge on any atom is 0.126 e. The Bertz CT molecular complexity index is 842. The number of nitrogens with zero attached hydrogens (tertiary/aromatic N) is 2. The van der Waals surface area contributed by atoms with Gasteiger partial charge in [0.1, 0.15) is 5.75 Å². The summed E-state index contributed by atoms with van der Waals surface area (Å²) in [5, 5.41) is 1.14. The maximum atomic E-state index is 5.58. The van der Waals surface area contributed by atoms with Crippen molar-refractivity contribution in [1.29, 1.82) is 0 Å². The van der Waals surface area contributed by atoms with Gasteiger partial charge < -0.3 is 4.74 Å². The first-order valence-corrected chi connectivity index (χ1v) is 8.31. The Morgan fingerprint density at radius 1 is 1.08 bits per heavy atom. The van der Waals surface area contributed by atoms with E-state index in [1.165, 1.54) is 5.56 Å². The van der Waals surface area contributed by atoms with Crippen LogP contribution in [-0.2, 0) is 6.54 Å². The number of fused-ring (bicyclic) bond motifs is 1. The summed E-state index contributed by atoms with van der Waals surface area (Å²) in [6.07, 6.45) is 1.93. The highest BCUT2D eigenvalue weighted by atomic mass is 16.5. The molecule has 0 spiro atoms. The molecule has 0 aliphatic rings. The zero-order valence-corrected chi connectivity index (χ0v) is 14.8. The molecular weight excluding hydrogens is 296 g/mol. The molecule has 0 aliphatic heterocycles. The van der Waals surface area contributed by atoms with Crippen molar-refractivity contribution in [2.75, 3.05) is 14.2 Å². The molecule has 24 heavy (non-hydrogen) atoms. The van der Waals surface area contributed by atoms with Crippen molar-refractivity contribution in [3.05, 3.63) is 60.3 Å². The van der Waals surface area contributed by atoms with Crippen LogP contribution in [0.5, 0.6) is 5.75 Å². The van der Waals surface area contributed by atoms with Crippen LogP contribution >= 0.6 is 0 Å². The molecule has 1 heterocycles. The van der Waals surface area contributed by atoms with Gasteiger partial charge in [-0.3, -0.25) is 9.88 Å². The highest BCUT2D eigenvalue weighted by Gasteiger charge is 2.11. The van der Waals surface area contributed by atoms with Crippen molar-refractivity contribution in [1.82, 2.24) is 9.88 Å². The number of hydrogen-bond donors (Lipinski definition) is 0. The van der Waals surface area contributed by atoms with Crippen LogP contribution in [0.3, 0.4) is 0 Å². The summed E-state index contributed by atoms with van der Waals surface area (Å²) >= 11 is 0. The van der Waals surface area contributed by atoms with Crippen molar-refractivity contribution in [3.63, 3.8) is 0 Å². The molecular formula is C21H24N2O. The van der Waals surface area contributed by atoms with Crippen LogP contribution in [0.4, 0.5) is 0 Å². The number of rotatable bonds is 5. The number of para-hydroxylation sites is 1. The van der Waals surface area contributed by atoms with Crippen molar-refractivity contribution in [2.24, 2.45) is 0 Å². The number of pyridine rings is 1. The minimum absolute atomic E-state index is 0.512. The van der Waals surface area contributed by atoms with E-state index in [0.717, 1.165) is 34.3 Å².